The largest absolute Gasteiger partial charge is 0.496 e. The number of carbonyl (C=O) groups excluding carboxylic acids is 1. The summed E-state index contributed by atoms with van der Waals surface area (Å²) in [5, 5.41) is 0. The second kappa shape index (κ2) is 5.11. The molecule has 19 heavy (non-hydrogen) atoms. The highest BCUT2D eigenvalue weighted by atomic mass is 16.5. The molecule has 2 rings (SSSR count). The Kier molecular flexibility index (Phi) is 3.69. The summed E-state index contributed by atoms with van der Waals surface area (Å²) in [6.07, 6.45) is 0. The van der Waals surface area contributed by atoms with E-state index in [1.54, 1.807) is 16.9 Å². The lowest BCUT2D eigenvalue weighted by molar-refractivity contribution is 0.201. The first kappa shape index (κ1) is 13.7. The van der Waals surface area contributed by atoms with Gasteiger partial charge in [-0.05, 0) is 29.2 Å². The molecule has 1 aliphatic heterocycles. The van der Waals surface area contributed by atoms with E-state index in [2.05, 4.69) is 26.0 Å². The third-order valence-electron chi connectivity index (χ3n) is 3.80. The number of urea groups is 1. The molecule has 1 fully saturated rings. The van der Waals surface area contributed by atoms with Crippen LogP contribution in [0, 0.1) is 0 Å². The van der Waals surface area contributed by atoms with E-state index in [1.165, 1.54) is 11.1 Å². The van der Waals surface area contributed by atoms with Crippen molar-refractivity contribution < 1.29 is 9.53 Å². The molecule has 0 radical (unpaired) electrons. The van der Waals surface area contributed by atoms with Crippen molar-refractivity contribution in [2.45, 2.75) is 25.8 Å². The molecule has 1 aliphatic rings. The van der Waals surface area contributed by atoms with Gasteiger partial charge < -0.3 is 14.5 Å². The Morgan fingerprint density at radius 1 is 1.32 bits per heavy atom. The Labute approximate surface area is 115 Å². The van der Waals surface area contributed by atoms with Gasteiger partial charge in [-0.1, -0.05) is 19.9 Å². The van der Waals surface area contributed by atoms with Crippen LogP contribution in [-0.4, -0.2) is 43.6 Å². The Bertz CT molecular complexity index is 485. The summed E-state index contributed by atoms with van der Waals surface area (Å²) in [5.41, 5.74) is 2.36. The number of likely N-dealkylation sites (N-methyl/N-ethyl adjacent to an activating group) is 2. The van der Waals surface area contributed by atoms with E-state index >= 15 is 0 Å². The highest BCUT2D eigenvalue weighted by molar-refractivity contribution is 5.77. The monoisotopic (exact) mass is 262 g/mol. The number of ether oxygens (including phenoxy) is 1. The van der Waals surface area contributed by atoms with Gasteiger partial charge in [0.1, 0.15) is 5.75 Å². The van der Waals surface area contributed by atoms with Gasteiger partial charge in [-0.3, -0.25) is 0 Å². The van der Waals surface area contributed by atoms with Gasteiger partial charge in [0.2, 0.25) is 0 Å². The van der Waals surface area contributed by atoms with Crippen LogP contribution >= 0.6 is 0 Å². The van der Waals surface area contributed by atoms with Gasteiger partial charge in [0.15, 0.2) is 0 Å². The number of carbonyl (C=O) groups is 1. The van der Waals surface area contributed by atoms with Crippen LogP contribution in [0.2, 0.25) is 0 Å². The maximum atomic E-state index is 11.9. The quantitative estimate of drug-likeness (QED) is 0.839. The molecular weight excluding hydrogens is 240 g/mol. The van der Waals surface area contributed by atoms with Crippen molar-refractivity contribution in [3.8, 4) is 5.75 Å². The summed E-state index contributed by atoms with van der Waals surface area (Å²) in [6, 6.07) is 6.42. The van der Waals surface area contributed by atoms with E-state index in [1.807, 2.05) is 20.2 Å². The molecule has 0 aromatic heterocycles. The molecule has 2 amide bonds. The number of benzene rings is 1. The minimum atomic E-state index is 0.0758. The van der Waals surface area contributed by atoms with Crippen molar-refractivity contribution in [2.24, 2.45) is 0 Å². The van der Waals surface area contributed by atoms with Crippen LogP contribution in [0.15, 0.2) is 18.2 Å². The van der Waals surface area contributed by atoms with Crippen LogP contribution in [0.3, 0.4) is 0 Å². The van der Waals surface area contributed by atoms with Crippen molar-refractivity contribution in [3.63, 3.8) is 0 Å². The fourth-order valence-electron chi connectivity index (χ4n) is 2.60. The van der Waals surface area contributed by atoms with Crippen molar-refractivity contribution >= 4 is 6.03 Å². The maximum absolute atomic E-state index is 11.9. The number of amides is 2. The summed E-state index contributed by atoms with van der Waals surface area (Å²) in [5.74, 6) is 1.31. The molecule has 104 valence electrons. The van der Waals surface area contributed by atoms with Gasteiger partial charge >= 0.3 is 6.03 Å². The maximum Gasteiger partial charge on any atom is 0.320 e. The lowest BCUT2D eigenvalue weighted by atomic mass is 9.96. The van der Waals surface area contributed by atoms with E-state index in [-0.39, 0.29) is 12.1 Å². The molecule has 1 aromatic carbocycles. The topological polar surface area (TPSA) is 32.8 Å². The van der Waals surface area contributed by atoms with E-state index < -0.39 is 0 Å². The number of methoxy groups -OCH3 is 1. The molecule has 0 saturated carbocycles. The Balaban J connectivity index is 2.36. The minimum absolute atomic E-state index is 0.0758. The second-order valence-electron chi connectivity index (χ2n) is 5.45. The van der Waals surface area contributed by atoms with Crippen molar-refractivity contribution in [1.82, 2.24) is 9.80 Å². The number of rotatable bonds is 3. The molecule has 1 aromatic rings. The zero-order valence-electron chi connectivity index (χ0n) is 12.3. The van der Waals surface area contributed by atoms with Crippen LogP contribution in [0.1, 0.15) is 36.9 Å². The normalized spacial score (nSPS) is 19.5. The first-order valence-electron chi connectivity index (χ1n) is 6.61. The predicted molar refractivity (Wildman–Crippen MR) is 75.6 cm³/mol. The average molecular weight is 262 g/mol. The van der Waals surface area contributed by atoms with E-state index in [0.29, 0.717) is 5.92 Å². The zero-order valence-corrected chi connectivity index (χ0v) is 12.3. The van der Waals surface area contributed by atoms with Crippen molar-refractivity contribution in [3.05, 3.63) is 29.3 Å². The summed E-state index contributed by atoms with van der Waals surface area (Å²) in [7, 11) is 5.39. The molecule has 0 aliphatic carbocycles. The number of hydrogen-bond acceptors (Lipinski definition) is 2. The van der Waals surface area contributed by atoms with Crippen LogP contribution < -0.4 is 4.74 Å². The Morgan fingerprint density at radius 2 is 2.00 bits per heavy atom. The lowest BCUT2D eigenvalue weighted by Crippen LogP contribution is -2.26. The average Bonchev–Trinajstić information content (AvgIpc) is 2.65. The second-order valence-corrected chi connectivity index (χ2v) is 5.45. The molecule has 1 unspecified atom stereocenters. The van der Waals surface area contributed by atoms with Gasteiger partial charge in [0, 0.05) is 20.6 Å². The molecule has 0 spiro atoms. The molecule has 1 saturated heterocycles. The van der Waals surface area contributed by atoms with Crippen molar-refractivity contribution in [2.75, 3.05) is 27.7 Å². The molecule has 4 heteroatoms. The van der Waals surface area contributed by atoms with Gasteiger partial charge in [0.25, 0.3) is 0 Å². The van der Waals surface area contributed by atoms with Gasteiger partial charge in [-0.15, -0.1) is 0 Å². The van der Waals surface area contributed by atoms with Crippen LogP contribution in [-0.2, 0) is 0 Å². The molecule has 1 heterocycles. The van der Waals surface area contributed by atoms with Crippen molar-refractivity contribution in [1.29, 1.82) is 0 Å². The summed E-state index contributed by atoms with van der Waals surface area (Å²) in [4.78, 5) is 15.4. The number of hydrogen-bond donors (Lipinski definition) is 0. The van der Waals surface area contributed by atoms with E-state index in [4.69, 9.17) is 4.74 Å². The van der Waals surface area contributed by atoms with Gasteiger partial charge in [-0.25, -0.2) is 4.79 Å². The van der Waals surface area contributed by atoms with E-state index in [0.717, 1.165) is 12.3 Å². The molecular formula is C15H22N2O2. The molecule has 0 N–H and O–H groups in total. The zero-order chi connectivity index (χ0) is 14.2. The minimum Gasteiger partial charge on any atom is -0.496 e. The highest BCUT2D eigenvalue weighted by Gasteiger charge is 2.33. The van der Waals surface area contributed by atoms with Crippen LogP contribution in [0.5, 0.6) is 5.75 Å². The lowest BCUT2D eigenvalue weighted by Gasteiger charge is -2.21. The molecule has 0 bridgehead atoms. The summed E-state index contributed by atoms with van der Waals surface area (Å²) < 4.78 is 5.40. The Hall–Kier alpha value is -1.71. The van der Waals surface area contributed by atoms with E-state index in [9.17, 15) is 4.79 Å². The SMILES string of the molecule is COc1ccc(C2CN(C)C(=O)N2C)cc1C(C)C. The fourth-order valence-corrected chi connectivity index (χ4v) is 2.60. The van der Waals surface area contributed by atoms with Crippen LogP contribution in [0.25, 0.3) is 0 Å². The fraction of sp³-hybridized carbons (Fsp3) is 0.533. The smallest absolute Gasteiger partial charge is 0.320 e. The third kappa shape index (κ3) is 2.39. The van der Waals surface area contributed by atoms with Crippen LogP contribution in [0.4, 0.5) is 4.79 Å². The Morgan fingerprint density at radius 3 is 2.47 bits per heavy atom. The third-order valence-corrected chi connectivity index (χ3v) is 3.80. The first-order chi connectivity index (χ1) is 8.95. The molecule has 4 nitrogen and oxygen atoms in total. The summed E-state index contributed by atoms with van der Waals surface area (Å²) in [6.45, 7) is 5.04. The van der Waals surface area contributed by atoms with Gasteiger partial charge in [0.05, 0.1) is 13.2 Å². The number of nitrogens with zero attached hydrogens (tertiary/aromatic N) is 2. The first-order valence-corrected chi connectivity index (χ1v) is 6.61. The molecule has 1 atom stereocenters. The highest BCUT2D eigenvalue weighted by Crippen LogP contribution is 2.33. The van der Waals surface area contributed by atoms with Gasteiger partial charge in [-0.2, -0.15) is 0 Å². The standard InChI is InChI=1S/C15H22N2O2/c1-10(2)12-8-11(6-7-14(12)19-5)13-9-16(3)15(18)17(13)4/h6-8,10,13H,9H2,1-5H3. The predicted octanol–water partition coefficient (Wildman–Crippen LogP) is 2.86. The summed E-state index contributed by atoms with van der Waals surface area (Å²) >= 11 is 0.